The molecule has 2 atom stereocenters. The number of hydrogen-bond acceptors (Lipinski definition) is 4. The smallest absolute Gasteiger partial charge is 0.265 e. The second kappa shape index (κ2) is 8.30. The molecular formula is C19H31N3O2S. The van der Waals surface area contributed by atoms with Crippen LogP contribution in [0.4, 0.5) is 0 Å². The molecule has 1 aliphatic rings. The summed E-state index contributed by atoms with van der Waals surface area (Å²) in [5, 5.41) is 3.97. The number of likely N-dealkylation sites (tertiary alicyclic amines) is 1. The van der Waals surface area contributed by atoms with Crippen LogP contribution in [0.1, 0.15) is 75.0 Å². The molecule has 2 rings (SSSR count). The van der Waals surface area contributed by atoms with E-state index < -0.39 is 0 Å². The summed E-state index contributed by atoms with van der Waals surface area (Å²) in [6, 6.07) is 0.160. The number of aromatic nitrogens is 1. The van der Waals surface area contributed by atoms with Gasteiger partial charge in [-0.2, -0.15) is 0 Å². The van der Waals surface area contributed by atoms with E-state index in [1.165, 1.54) is 11.3 Å². The van der Waals surface area contributed by atoms with Gasteiger partial charge in [0.05, 0.1) is 17.1 Å². The molecular weight excluding hydrogens is 334 g/mol. The van der Waals surface area contributed by atoms with Crippen LogP contribution in [0.25, 0.3) is 0 Å². The summed E-state index contributed by atoms with van der Waals surface area (Å²) >= 11 is 1.47. The highest BCUT2D eigenvalue weighted by Crippen LogP contribution is 2.30. The summed E-state index contributed by atoms with van der Waals surface area (Å²) < 4.78 is 0. The summed E-state index contributed by atoms with van der Waals surface area (Å²) in [7, 11) is 0. The lowest BCUT2D eigenvalue weighted by atomic mass is 9.92. The number of amides is 2. The maximum atomic E-state index is 12.9. The van der Waals surface area contributed by atoms with Gasteiger partial charge in [-0.15, -0.1) is 11.3 Å². The summed E-state index contributed by atoms with van der Waals surface area (Å²) in [6.07, 6.45) is 5.45. The van der Waals surface area contributed by atoms with Gasteiger partial charge in [-0.05, 0) is 26.2 Å². The maximum Gasteiger partial charge on any atom is 0.265 e. The molecule has 25 heavy (non-hydrogen) atoms. The first-order valence-corrected chi connectivity index (χ1v) is 10.1. The van der Waals surface area contributed by atoms with Gasteiger partial charge in [-0.25, -0.2) is 4.98 Å². The van der Waals surface area contributed by atoms with Gasteiger partial charge >= 0.3 is 0 Å². The quantitative estimate of drug-likeness (QED) is 0.811. The first-order valence-electron chi connectivity index (χ1n) is 9.29. The van der Waals surface area contributed by atoms with E-state index in [0.717, 1.165) is 37.2 Å². The van der Waals surface area contributed by atoms with Crippen molar-refractivity contribution in [1.82, 2.24) is 15.2 Å². The van der Waals surface area contributed by atoms with Crippen molar-refractivity contribution in [2.75, 3.05) is 13.1 Å². The highest BCUT2D eigenvalue weighted by atomic mass is 32.1. The molecule has 2 unspecified atom stereocenters. The minimum Gasteiger partial charge on any atom is -0.356 e. The van der Waals surface area contributed by atoms with Crippen molar-refractivity contribution in [2.45, 2.75) is 71.8 Å². The lowest BCUT2D eigenvalue weighted by Gasteiger charge is -2.37. The number of carbonyl (C=O) groups is 2. The van der Waals surface area contributed by atoms with Crippen LogP contribution in [0.2, 0.25) is 0 Å². The second-order valence-electron chi connectivity index (χ2n) is 8.01. The van der Waals surface area contributed by atoms with Crippen LogP contribution in [0, 0.1) is 5.92 Å². The van der Waals surface area contributed by atoms with Crippen LogP contribution >= 0.6 is 11.3 Å². The topological polar surface area (TPSA) is 62.3 Å². The van der Waals surface area contributed by atoms with E-state index in [1.807, 2.05) is 4.90 Å². The van der Waals surface area contributed by atoms with E-state index in [2.05, 4.69) is 44.9 Å². The largest absolute Gasteiger partial charge is 0.356 e. The third kappa shape index (κ3) is 5.03. The molecule has 140 valence electrons. The van der Waals surface area contributed by atoms with E-state index in [0.29, 0.717) is 11.4 Å². The Labute approximate surface area is 155 Å². The normalized spacial score (nSPS) is 21.2. The fourth-order valence-electron chi connectivity index (χ4n) is 3.00. The zero-order valence-electron chi connectivity index (χ0n) is 16.1. The molecule has 0 aromatic carbocycles. The highest BCUT2D eigenvalue weighted by molar-refractivity contribution is 7.13. The minimum absolute atomic E-state index is 0.00607. The molecule has 0 aliphatic carbocycles. The van der Waals surface area contributed by atoms with Gasteiger partial charge < -0.3 is 10.2 Å². The van der Waals surface area contributed by atoms with Crippen LogP contribution in [-0.2, 0) is 10.2 Å². The highest BCUT2D eigenvalue weighted by Gasteiger charge is 2.34. The molecule has 5 nitrogen and oxygen atoms in total. The Hall–Kier alpha value is -1.43. The number of carbonyl (C=O) groups excluding carboxylic acids is 2. The summed E-state index contributed by atoms with van der Waals surface area (Å²) in [5.41, 5.74) is -0.0571. The molecule has 1 aliphatic heterocycles. The predicted octanol–water partition coefficient (Wildman–Crippen LogP) is 3.60. The van der Waals surface area contributed by atoms with Crippen LogP contribution < -0.4 is 5.32 Å². The van der Waals surface area contributed by atoms with Gasteiger partial charge in [0.1, 0.15) is 4.88 Å². The molecule has 0 bridgehead atoms. The Morgan fingerprint density at radius 2 is 2.08 bits per heavy atom. The van der Waals surface area contributed by atoms with Crippen LogP contribution in [-0.4, -0.2) is 40.8 Å². The fraction of sp³-hybridized carbons (Fsp3) is 0.737. The Balaban J connectivity index is 2.04. The second-order valence-corrected chi connectivity index (χ2v) is 9.04. The molecule has 1 N–H and O–H groups in total. The monoisotopic (exact) mass is 365 g/mol. The number of nitrogens with one attached hydrogen (secondary N) is 1. The summed E-state index contributed by atoms with van der Waals surface area (Å²) in [5.74, 6) is -0.0172. The van der Waals surface area contributed by atoms with E-state index >= 15 is 0 Å². The predicted molar refractivity (Wildman–Crippen MR) is 102 cm³/mol. The third-order valence-electron chi connectivity index (χ3n) is 4.70. The van der Waals surface area contributed by atoms with Crippen LogP contribution in [0.15, 0.2) is 6.20 Å². The molecule has 0 saturated carbocycles. The van der Waals surface area contributed by atoms with E-state index in [4.69, 9.17) is 0 Å². The molecule has 1 fully saturated rings. The lowest BCUT2D eigenvalue weighted by Crippen LogP contribution is -2.49. The average Bonchev–Trinajstić information content (AvgIpc) is 3.05. The van der Waals surface area contributed by atoms with Gasteiger partial charge in [0.2, 0.25) is 5.91 Å². The zero-order valence-corrected chi connectivity index (χ0v) is 16.9. The number of rotatable bonds is 5. The third-order valence-corrected chi connectivity index (χ3v) is 6.11. The molecule has 2 amide bonds. The van der Waals surface area contributed by atoms with Crippen molar-refractivity contribution in [1.29, 1.82) is 0 Å². The van der Waals surface area contributed by atoms with E-state index in [1.54, 1.807) is 6.20 Å². The average molecular weight is 366 g/mol. The summed E-state index contributed by atoms with van der Waals surface area (Å²) in [6.45, 7) is 11.7. The molecule has 0 spiro atoms. The Kier molecular flexibility index (Phi) is 6.60. The first-order chi connectivity index (χ1) is 11.7. The van der Waals surface area contributed by atoms with Crippen molar-refractivity contribution in [3.63, 3.8) is 0 Å². The fourth-order valence-corrected chi connectivity index (χ4v) is 3.93. The zero-order chi connectivity index (χ0) is 18.6. The van der Waals surface area contributed by atoms with Crippen molar-refractivity contribution in [3.8, 4) is 0 Å². The van der Waals surface area contributed by atoms with Gasteiger partial charge in [-0.1, -0.05) is 34.1 Å². The van der Waals surface area contributed by atoms with Gasteiger partial charge in [0.25, 0.3) is 5.91 Å². The molecule has 1 aromatic heterocycles. The molecule has 0 radical (unpaired) electrons. The van der Waals surface area contributed by atoms with E-state index in [9.17, 15) is 9.59 Å². The molecule has 1 saturated heterocycles. The van der Waals surface area contributed by atoms with Crippen LogP contribution in [0.5, 0.6) is 0 Å². The standard InChI is InChI=1S/C19H31N3O2S/c1-6-7-10-20-16(23)14-9-8-13(2)22(12-14)17(24)15-11-21-18(25-15)19(3,4)5/h11,13-14H,6-10,12H2,1-5H3,(H,20,23). The van der Waals surface area contributed by atoms with Gasteiger partial charge in [0, 0.05) is 24.5 Å². The Bertz CT molecular complexity index is 606. The van der Waals surface area contributed by atoms with Crippen molar-refractivity contribution in [3.05, 3.63) is 16.1 Å². The Morgan fingerprint density at radius 1 is 1.36 bits per heavy atom. The number of unbranched alkanes of at least 4 members (excludes halogenated alkanes) is 1. The van der Waals surface area contributed by atoms with Crippen molar-refractivity contribution < 1.29 is 9.59 Å². The number of piperidine rings is 1. The molecule has 6 heteroatoms. The first kappa shape index (κ1) is 19.9. The molecule has 2 heterocycles. The minimum atomic E-state index is -0.105. The lowest BCUT2D eigenvalue weighted by molar-refractivity contribution is -0.126. The summed E-state index contributed by atoms with van der Waals surface area (Å²) in [4.78, 5) is 32.3. The van der Waals surface area contributed by atoms with Crippen molar-refractivity contribution >= 4 is 23.2 Å². The SMILES string of the molecule is CCCCNC(=O)C1CCC(C)N(C(=O)c2cnc(C(C)(C)C)s2)C1. The number of nitrogens with zero attached hydrogens (tertiary/aromatic N) is 2. The molecule has 1 aromatic rings. The van der Waals surface area contributed by atoms with Crippen molar-refractivity contribution in [2.24, 2.45) is 5.92 Å². The Morgan fingerprint density at radius 3 is 2.68 bits per heavy atom. The van der Waals surface area contributed by atoms with E-state index in [-0.39, 0.29) is 29.2 Å². The number of hydrogen-bond donors (Lipinski definition) is 1. The number of thiazole rings is 1. The van der Waals surface area contributed by atoms with Gasteiger partial charge in [0.15, 0.2) is 0 Å². The van der Waals surface area contributed by atoms with Crippen LogP contribution in [0.3, 0.4) is 0 Å². The van der Waals surface area contributed by atoms with Gasteiger partial charge in [-0.3, -0.25) is 9.59 Å². The maximum absolute atomic E-state index is 12.9.